The Bertz CT molecular complexity index is 598. The summed E-state index contributed by atoms with van der Waals surface area (Å²) in [5.74, 6) is 1.57. The highest BCUT2D eigenvalue weighted by molar-refractivity contribution is 7.98. The monoisotopic (exact) mass is 271 g/mol. The highest BCUT2D eigenvalue weighted by Crippen LogP contribution is 2.33. The van der Waals surface area contributed by atoms with E-state index in [1.165, 1.54) is 5.56 Å². The lowest BCUT2D eigenvalue weighted by Crippen LogP contribution is -2.25. The number of benzene rings is 2. The Balaban J connectivity index is 1.71. The maximum atomic E-state index is 11.2. The zero-order valence-electron chi connectivity index (χ0n) is 10.3. The van der Waals surface area contributed by atoms with Crippen LogP contribution in [-0.4, -0.2) is 12.5 Å². The molecule has 3 rings (SSSR count). The van der Waals surface area contributed by atoms with Gasteiger partial charge in [0.05, 0.1) is 5.69 Å². The Hall–Kier alpha value is -1.94. The van der Waals surface area contributed by atoms with E-state index in [0.29, 0.717) is 0 Å². The van der Waals surface area contributed by atoms with Crippen LogP contribution in [0, 0.1) is 0 Å². The largest absolute Gasteiger partial charge is 0.482 e. The molecule has 1 N–H and O–H groups in total. The van der Waals surface area contributed by atoms with Gasteiger partial charge in [-0.3, -0.25) is 4.79 Å². The van der Waals surface area contributed by atoms with Crippen molar-refractivity contribution in [2.24, 2.45) is 0 Å². The van der Waals surface area contributed by atoms with Gasteiger partial charge in [-0.25, -0.2) is 0 Å². The number of thioether (sulfide) groups is 1. The average Bonchev–Trinajstić information content (AvgIpc) is 2.46. The van der Waals surface area contributed by atoms with E-state index in [4.69, 9.17) is 4.74 Å². The van der Waals surface area contributed by atoms with Crippen molar-refractivity contribution in [1.29, 1.82) is 0 Å². The Morgan fingerprint density at radius 3 is 2.84 bits per heavy atom. The van der Waals surface area contributed by atoms with Gasteiger partial charge in [0.1, 0.15) is 5.75 Å². The van der Waals surface area contributed by atoms with E-state index in [-0.39, 0.29) is 12.5 Å². The third-order valence-electron chi connectivity index (χ3n) is 2.83. The van der Waals surface area contributed by atoms with E-state index >= 15 is 0 Å². The third kappa shape index (κ3) is 2.90. The lowest BCUT2D eigenvalue weighted by atomic mass is 10.2. The van der Waals surface area contributed by atoms with Gasteiger partial charge in [0, 0.05) is 10.6 Å². The van der Waals surface area contributed by atoms with Gasteiger partial charge < -0.3 is 10.1 Å². The molecule has 0 aromatic heterocycles. The molecule has 4 heteroatoms. The van der Waals surface area contributed by atoms with Crippen molar-refractivity contribution in [2.45, 2.75) is 10.6 Å². The Morgan fingerprint density at radius 1 is 1.16 bits per heavy atom. The normalized spacial score (nSPS) is 13.4. The molecule has 2 aromatic rings. The van der Waals surface area contributed by atoms with Crippen molar-refractivity contribution in [3.8, 4) is 5.75 Å². The van der Waals surface area contributed by atoms with Gasteiger partial charge in [0.15, 0.2) is 6.61 Å². The second-order valence-electron chi connectivity index (χ2n) is 4.27. The van der Waals surface area contributed by atoms with Crippen molar-refractivity contribution in [3.63, 3.8) is 0 Å². The van der Waals surface area contributed by atoms with Crippen LogP contribution < -0.4 is 10.1 Å². The molecule has 1 amide bonds. The number of carbonyl (C=O) groups excluding carboxylic acids is 1. The molecule has 0 fully saturated rings. The first-order chi connectivity index (χ1) is 9.31. The van der Waals surface area contributed by atoms with Crippen LogP contribution in [-0.2, 0) is 10.5 Å². The zero-order chi connectivity index (χ0) is 13.1. The van der Waals surface area contributed by atoms with Crippen molar-refractivity contribution < 1.29 is 9.53 Å². The number of ether oxygens (including phenoxy) is 1. The van der Waals surface area contributed by atoms with Crippen molar-refractivity contribution in [2.75, 3.05) is 11.9 Å². The van der Waals surface area contributed by atoms with E-state index in [0.717, 1.165) is 22.1 Å². The van der Waals surface area contributed by atoms with Gasteiger partial charge in [-0.2, -0.15) is 0 Å². The highest BCUT2D eigenvalue weighted by Gasteiger charge is 2.15. The Labute approximate surface area is 116 Å². The smallest absolute Gasteiger partial charge is 0.262 e. The predicted octanol–water partition coefficient (Wildman–Crippen LogP) is 3.31. The van der Waals surface area contributed by atoms with Gasteiger partial charge >= 0.3 is 0 Å². The summed E-state index contributed by atoms with van der Waals surface area (Å²) < 4.78 is 5.40. The standard InChI is InChI=1S/C15H13NO2S/c17-15-9-18-14-8-12(6-7-13(14)16-15)19-10-11-4-2-1-3-5-11/h1-8H,9-10H2,(H,16,17). The van der Waals surface area contributed by atoms with Crippen molar-refractivity contribution in [1.82, 2.24) is 0 Å². The van der Waals surface area contributed by atoms with Crippen LogP contribution >= 0.6 is 11.8 Å². The fourth-order valence-electron chi connectivity index (χ4n) is 1.89. The molecule has 0 unspecified atom stereocenters. The second kappa shape index (κ2) is 5.36. The number of anilines is 1. The molecular formula is C15H13NO2S. The molecule has 1 aliphatic rings. The molecule has 0 atom stereocenters. The van der Waals surface area contributed by atoms with Crippen LogP contribution in [0.4, 0.5) is 5.69 Å². The lowest BCUT2D eigenvalue weighted by molar-refractivity contribution is -0.118. The summed E-state index contributed by atoms with van der Waals surface area (Å²) in [6.07, 6.45) is 0. The maximum absolute atomic E-state index is 11.2. The average molecular weight is 271 g/mol. The zero-order valence-corrected chi connectivity index (χ0v) is 11.1. The van der Waals surface area contributed by atoms with E-state index in [9.17, 15) is 4.79 Å². The van der Waals surface area contributed by atoms with Gasteiger partial charge in [-0.05, 0) is 23.8 Å². The number of amides is 1. The molecule has 1 aliphatic heterocycles. The molecule has 0 bridgehead atoms. The molecule has 3 nitrogen and oxygen atoms in total. The summed E-state index contributed by atoms with van der Waals surface area (Å²) in [7, 11) is 0. The van der Waals surface area contributed by atoms with E-state index in [2.05, 4.69) is 17.4 Å². The van der Waals surface area contributed by atoms with Crippen LogP contribution in [0.3, 0.4) is 0 Å². The van der Waals surface area contributed by atoms with Crippen LogP contribution in [0.2, 0.25) is 0 Å². The van der Waals surface area contributed by atoms with E-state index in [1.54, 1.807) is 11.8 Å². The van der Waals surface area contributed by atoms with Crippen LogP contribution in [0.5, 0.6) is 5.75 Å². The quantitative estimate of drug-likeness (QED) is 0.870. The molecule has 96 valence electrons. The van der Waals surface area contributed by atoms with E-state index in [1.807, 2.05) is 36.4 Å². The summed E-state index contributed by atoms with van der Waals surface area (Å²) in [6.45, 7) is 0.0970. The predicted molar refractivity (Wildman–Crippen MR) is 76.6 cm³/mol. The fraction of sp³-hybridized carbons (Fsp3) is 0.133. The Morgan fingerprint density at radius 2 is 2.00 bits per heavy atom. The van der Waals surface area contributed by atoms with E-state index < -0.39 is 0 Å². The fourth-order valence-corrected chi connectivity index (χ4v) is 2.77. The summed E-state index contributed by atoms with van der Waals surface area (Å²) in [5, 5.41) is 2.79. The minimum Gasteiger partial charge on any atom is -0.482 e. The molecular weight excluding hydrogens is 258 g/mol. The number of hydrogen-bond acceptors (Lipinski definition) is 3. The first-order valence-electron chi connectivity index (χ1n) is 6.05. The van der Waals surface area contributed by atoms with Crippen LogP contribution in [0.15, 0.2) is 53.4 Å². The van der Waals surface area contributed by atoms with Crippen molar-refractivity contribution in [3.05, 3.63) is 54.1 Å². The topological polar surface area (TPSA) is 38.3 Å². The third-order valence-corrected chi connectivity index (χ3v) is 3.90. The second-order valence-corrected chi connectivity index (χ2v) is 5.32. The summed E-state index contributed by atoms with van der Waals surface area (Å²) in [5.41, 5.74) is 2.04. The van der Waals surface area contributed by atoms with Gasteiger partial charge in [-0.15, -0.1) is 11.8 Å². The molecule has 0 aliphatic carbocycles. The van der Waals surface area contributed by atoms with Crippen LogP contribution in [0.1, 0.15) is 5.56 Å². The highest BCUT2D eigenvalue weighted by atomic mass is 32.2. The van der Waals surface area contributed by atoms with Gasteiger partial charge in [0.2, 0.25) is 0 Å². The molecule has 2 aromatic carbocycles. The number of fused-ring (bicyclic) bond motifs is 1. The van der Waals surface area contributed by atoms with Crippen LogP contribution in [0.25, 0.3) is 0 Å². The molecule has 0 saturated carbocycles. The van der Waals surface area contributed by atoms with Gasteiger partial charge in [0.25, 0.3) is 5.91 Å². The Kier molecular flexibility index (Phi) is 3.42. The van der Waals surface area contributed by atoms with Crippen molar-refractivity contribution >= 4 is 23.4 Å². The number of nitrogens with one attached hydrogen (secondary N) is 1. The molecule has 19 heavy (non-hydrogen) atoms. The number of rotatable bonds is 3. The minimum absolute atomic E-state index is 0.0970. The summed E-state index contributed by atoms with van der Waals surface area (Å²) >= 11 is 1.75. The first-order valence-corrected chi connectivity index (χ1v) is 7.03. The number of hydrogen-bond donors (Lipinski definition) is 1. The van der Waals surface area contributed by atoms with Gasteiger partial charge in [-0.1, -0.05) is 30.3 Å². The first kappa shape index (κ1) is 12.1. The molecule has 1 heterocycles. The molecule has 0 radical (unpaired) electrons. The SMILES string of the molecule is O=C1COc2cc(SCc3ccccc3)ccc2N1. The summed E-state index contributed by atoms with van der Waals surface area (Å²) in [6, 6.07) is 16.2. The molecule has 0 saturated heterocycles. The molecule has 0 spiro atoms. The minimum atomic E-state index is -0.0998. The number of carbonyl (C=O) groups is 1. The lowest BCUT2D eigenvalue weighted by Gasteiger charge is -2.18. The summed E-state index contributed by atoms with van der Waals surface area (Å²) in [4.78, 5) is 12.3. The maximum Gasteiger partial charge on any atom is 0.262 e.